The van der Waals surface area contributed by atoms with E-state index >= 15 is 0 Å². The van der Waals surface area contributed by atoms with E-state index < -0.39 is 0 Å². The highest BCUT2D eigenvalue weighted by Gasteiger charge is 2.33. The first-order valence-electron chi connectivity index (χ1n) is 10.4. The van der Waals surface area contributed by atoms with Crippen LogP contribution in [0, 0.1) is 0 Å². The van der Waals surface area contributed by atoms with Gasteiger partial charge in [-0.05, 0) is 59.3 Å². The zero-order valence-corrected chi connectivity index (χ0v) is 19.7. The number of halogens is 1. The highest BCUT2D eigenvalue weighted by atomic mass is 35.5. The number of fused-ring (bicyclic) bond motifs is 3. The molecule has 2 aromatic carbocycles. The maximum atomic E-state index is 6.34. The Morgan fingerprint density at radius 2 is 2.03 bits per heavy atom. The van der Waals surface area contributed by atoms with Gasteiger partial charge in [0, 0.05) is 45.9 Å². The number of thiazole rings is 1. The molecule has 0 spiro atoms. The minimum atomic E-state index is 0. The zero-order chi connectivity index (χ0) is 21.7. The van der Waals surface area contributed by atoms with Gasteiger partial charge in [0.1, 0.15) is 5.75 Å². The smallest absolute Gasteiger partial charge is 0.186 e. The third-order valence-electron chi connectivity index (χ3n) is 6.08. The van der Waals surface area contributed by atoms with E-state index in [0.717, 1.165) is 40.1 Å². The topological polar surface area (TPSA) is 41.1 Å². The van der Waals surface area contributed by atoms with E-state index in [-0.39, 0.29) is 7.47 Å². The molecule has 1 aliphatic heterocycles. The van der Waals surface area contributed by atoms with Crippen molar-refractivity contribution in [2.45, 2.75) is 12.5 Å². The first kappa shape index (κ1) is 19.9. The summed E-state index contributed by atoms with van der Waals surface area (Å²) in [5.41, 5.74) is 7.10. The van der Waals surface area contributed by atoms with E-state index in [9.17, 15) is 0 Å². The zero-order valence-electron chi connectivity index (χ0n) is 17.3. The van der Waals surface area contributed by atoms with E-state index in [1.54, 1.807) is 29.8 Å². The van der Waals surface area contributed by atoms with Gasteiger partial charge in [0.05, 0.1) is 18.8 Å². The number of nitrogens with zero attached hydrogens (tertiary/aromatic N) is 2. The van der Waals surface area contributed by atoms with Gasteiger partial charge >= 0.3 is 0 Å². The molecule has 4 heterocycles. The number of aromatic amines is 1. The molecule has 1 N–H and O–H groups in total. The number of anilines is 1. The summed E-state index contributed by atoms with van der Waals surface area (Å²) < 4.78 is 5.40. The maximum absolute atomic E-state index is 6.34. The van der Waals surface area contributed by atoms with Gasteiger partial charge in [-0.15, -0.1) is 11.3 Å². The van der Waals surface area contributed by atoms with Gasteiger partial charge in [0.25, 0.3) is 0 Å². The summed E-state index contributed by atoms with van der Waals surface area (Å²) in [7, 11) is 1.70. The average molecular weight is 480 g/mol. The summed E-state index contributed by atoms with van der Waals surface area (Å²) in [6.07, 6.45) is 0.940. The second-order valence-corrected chi connectivity index (χ2v) is 9.91. The molecular weight excluding hydrogens is 458 g/mol. The first-order valence-corrected chi connectivity index (χ1v) is 12.6. The molecule has 1 atom stereocenters. The van der Waals surface area contributed by atoms with Crippen molar-refractivity contribution in [3.63, 3.8) is 0 Å². The molecule has 0 fully saturated rings. The lowest BCUT2D eigenvalue weighted by molar-refractivity contribution is 0.414. The quantitative estimate of drug-likeness (QED) is 0.291. The van der Waals surface area contributed by atoms with E-state index in [1.165, 1.54) is 27.8 Å². The van der Waals surface area contributed by atoms with Crippen molar-refractivity contribution in [3.05, 3.63) is 86.5 Å². The Morgan fingerprint density at radius 3 is 2.81 bits per heavy atom. The van der Waals surface area contributed by atoms with Crippen molar-refractivity contribution in [2.24, 2.45) is 0 Å². The normalized spacial score (nSPS) is 15.8. The molecule has 7 heteroatoms. The van der Waals surface area contributed by atoms with E-state index in [2.05, 4.69) is 56.4 Å². The van der Waals surface area contributed by atoms with Crippen LogP contribution >= 0.6 is 34.3 Å². The largest absolute Gasteiger partial charge is 0.497 e. The minimum Gasteiger partial charge on any atom is -0.497 e. The predicted octanol–water partition coefficient (Wildman–Crippen LogP) is 7.41. The Morgan fingerprint density at radius 1 is 1.16 bits per heavy atom. The highest BCUT2D eigenvalue weighted by Crippen LogP contribution is 2.43. The maximum Gasteiger partial charge on any atom is 0.186 e. The van der Waals surface area contributed by atoms with Gasteiger partial charge < -0.3 is 14.6 Å². The molecule has 4 nitrogen and oxygen atoms in total. The number of rotatable bonds is 4. The van der Waals surface area contributed by atoms with E-state index in [1.807, 2.05) is 18.2 Å². The second-order valence-electron chi connectivity index (χ2n) is 7.85. The van der Waals surface area contributed by atoms with Crippen molar-refractivity contribution >= 4 is 50.3 Å². The van der Waals surface area contributed by atoms with Crippen molar-refractivity contribution < 1.29 is 6.16 Å². The summed E-state index contributed by atoms with van der Waals surface area (Å²) >= 11 is 9.74. The van der Waals surface area contributed by atoms with Crippen LogP contribution in [-0.2, 0) is 6.42 Å². The highest BCUT2D eigenvalue weighted by molar-refractivity contribution is 7.14. The van der Waals surface area contributed by atoms with Crippen LogP contribution in [0.3, 0.4) is 0 Å². The number of ether oxygens (including phenoxy) is 1. The standard InChI is InChI=1S/C25H20ClN3OS2.H2/c1-30-18-5-2-15(3-6-18)24-23-19(20-12-17(26)4-7-21(20)27-23)8-10-29(24)25-28-22(14-32-25)16-9-11-31-13-16;/h2-7,9,11-14,24,27H,8,10H2,1H3;1H. The van der Waals surface area contributed by atoms with E-state index in [4.69, 9.17) is 21.3 Å². The van der Waals surface area contributed by atoms with Gasteiger partial charge in [-0.3, -0.25) is 0 Å². The second kappa shape index (κ2) is 7.96. The Bertz CT molecular complexity index is 1400. The molecule has 0 aliphatic carbocycles. The van der Waals surface area contributed by atoms with Gasteiger partial charge in [-0.1, -0.05) is 23.7 Å². The van der Waals surface area contributed by atoms with Crippen molar-refractivity contribution in [2.75, 3.05) is 18.6 Å². The molecule has 5 aromatic rings. The number of H-pyrrole nitrogens is 1. The number of nitrogens with one attached hydrogen (secondary N) is 1. The lowest BCUT2D eigenvalue weighted by Crippen LogP contribution is -2.36. The number of benzene rings is 2. The fraction of sp³-hybridized carbons (Fsp3) is 0.160. The summed E-state index contributed by atoms with van der Waals surface area (Å²) in [4.78, 5) is 11.1. The van der Waals surface area contributed by atoms with Crippen molar-refractivity contribution in [1.82, 2.24) is 9.97 Å². The molecule has 1 aliphatic rings. The van der Waals surface area contributed by atoms with Crippen LogP contribution in [0.25, 0.3) is 22.2 Å². The summed E-state index contributed by atoms with van der Waals surface area (Å²) in [6.45, 7) is 0.889. The van der Waals surface area contributed by atoms with Crippen LogP contribution in [0.5, 0.6) is 5.75 Å². The van der Waals surface area contributed by atoms with Crippen molar-refractivity contribution in [3.8, 4) is 17.0 Å². The summed E-state index contributed by atoms with van der Waals surface area (Å²) in [6, 6.07) is 16.6. The molecule has 3 aromatic heterocycles. The Labute approximate surface area is 200 Å². The lowest BCUT2D eigenvalue weighted by Gasteiger charge is -2.36. The molecule has 1 unspecified atom stereocenters. The number of hydrogen-bond donors (Lipinski definition) is 1. The minimum absolute atomic E-state index is 0. The molecule has 0 saturated heterocycles. The number of hydrogen-bond acceptors (Lipinski definition) is 5. The fourth-order valence-electron chi connectivity index (χ4n) is 4.54. The molecule has 32 heavy (non-hydrogen) atoms. The summed E-state index contributed by atoms with van der Waals surface area (Å²) in [5, 5.41) is 9.41. The number of methoxy groups -OCH3 is 1. The molecule has 162 valence electrons. The van der Waals surface area contributed by atoms with Crippen molar-refractivity contribution in [1.29, 1.82) is 0 Å². The molecule has 0 radical (unpaired) electrons. The molecule has 0 amide bonds. The van der Waals surface area contributed by atoms with Crippen LogP contribution in [-0.4, -0.2) is 23.6 Å². The predicted molar refractivity (Wildman–Crippen MR) is 137 cm³/mol. The van der Waals surface area contributed by atoms with Gasteiger partial charge in [-0.2, -0.15) is 11.3 Å². The number of thiophene rings is 1. The van der Waals surface area contributed by atoms with Crippen LogP contribution in [0.2, 0.25) is 5.02 Å². The lowest BCUT2D eigenvalue weighted by atomic mass is 9.92. The van der Waals surface area contributed by atoms with Gasteiger partial charge in [-0.25, -0.2) is 4.98 Å². The Kier molecular flexibility index (Phi) is 4.94. The third kappa shape index (κ3) is 3.30. The van der Waals surface area contributed by atoms with Crippen LogP contribution in [0.4, 0.5) is 5.13 Å². The summed E-state index contributed by atoms with van der Waals surface area (Å²) in [5.74, 6) is 0.855. The SMILES string of the molecule is COc1ccc(C2c3[nH]c4ccc(Cl)cc4c3CCN2c2nc(-c3ccsc3)cs2)cc1.[HH]. The van der Waals surface area contributed by atoms with E-state index in [0.29, 0.717) is 0 Å². The third-order valence-corrected chi connectivity index (χ3v) is 7.87. The molecule has 0 bridgehead atoms. The number of aromatic nitrogens is 2. The Hall–Kier alpha value is -2.80. The molecule has 6 rings (SSSR count). The average Bonchev–Trinajstić information content (AvgIpc) is 3.57. The van der Waals surface area contributed by atoms with Crippen LogP contribution in [0.15, 0.2) is 64.7 Å². The first-order chi connectivity index (χ1) is 15.7. The molecule has 0 saturated carbocycles. The van der Waals surface area contributed by atoms with Gasteiger partial charge in [0.15, 0.2) is 5.13 Å². The monoisotopic (exact) mass is 479 g/mol. The fourth-order valence-corrected chi connectivity index (χ4v) is 6.25. The molecular formula is C25H22ClN3OS2. The van der Waals surface area contributed by atoms with Crippen LogP contribution in [0.1, 0.15) is 24.3 Å². The van der Waals surface area contributed by atoms with Crippen LogP contribution < -0.4 is 9.64 Å². The Balaban J connectivity index is 0.00000228. The van der Waals surface area contributed by atoms with Gasteiger partial charge in [0.2, 0.25) is 0 Å².